The van der Waals surface area contributed by atoms with E-state index in [0.717, 1.165) is 16.1 Å². The van der Waals surface area contributed by atoms with E-state index >= 15 is 0 Å². The van der Waals surface area contributed by atoms with Gasteiger partial charge in [0.1, 0.15) is 16.7 Å². The molecule has 0 aliphatic carbocycles. The van der Waals surface area contributed by atoms with Gasteiger partial charge in [-0.05, 0) is 11.0 Å². The lowest BCUT2D eigenvalue weighted by Gasteiger charge is -1.94. The molecule has 2 aromatic rings. The fraction of sp³-hybridized carbons (Fsp3) is 0.375. The highest BCUT2D eigenvalue weighted by Gasteiger charge is 2.20. The second-order valence-corrected chi connectivity index (χ2v) is 4.03. The molecule has 0 amide bonds. The van der Waals surface area contributed by atoms with Crippen LogP contribution >= 0.6 is 11.8 Å². The number of halogens is 4. The van der Waals surface area contributed by atoms with Crippen LogP contribution in [0.25, 0.3) is 11.1 Å². The van der Waals surface area contributed by atoms with Gasteiger partial charge in [0.15, 0.2) is 7.05 Å². The van der Waals surface area contributed by atoms with Gasteiger partial charge in [-0.25, -0.2) is 9.51 Å². The van der Waals surface area contributed by atoms with Crippen molar-refractivity contribution in [3.63, 3.8) is 0 Å². The summed E-state index contributed by atoms with van der Waals surface area (Å²) in [6.07, 6.45) is 3.52. The number of aryl methyl sites for hydroxylation is 2. The molecular formula is C8H10BF4N3OS. The fourth-order valence-electron chi connectivity index (χ4n) is 1.24. The van der Waals surface area contributed by atoms with Gasteiger partial charge in [-0.1, -0.05) is 0 Å². The molecule has 18 heavy (non-hydrogen) atoms. The van der Waals surface area contributed by atoms with Crippen LogP contribution in [0.3, 0.4) is 0 Å². The molecule has 0 spiro atoms. The Labute approximate surface area is 104 Å². The van der Waals surface area contributed by atoms with Crippen LogP contribution in [0, 0.1) is 6.92 Å². The highest BCUT2D eigenvalue weighted by atomic mass is 32.2. The first-order valence-corrected chi connectivity index (χ1v) is 5.98. The molecule has 0 atom stereocenters. The maximum Gasteiger partial charge on any atom is 0.673 e. The number of hydrogen-bond donors (Lipinski definition) is 0. The largest absolute Gasteiger partial charge is 0.673 e. The average molecular weight is 283 g/mol. The van der Waals surface area contributed by atoms with Crippen LogP contribution < -0.4 is 4.74 Å². The molecule has 0 aliphatic heterocycles. The summed E-state index contributed by atoms with van der Waals surface area (Å²) in [5.41, 5.74) is 1.71. The highest BCUT2D eigenvalue weighted by Crippen LogP contribution is 2.23. The van der Waals surface area contributed by atoms with Gasteiger partial charge in [-0.3, -0.25) is 0 Å². The van der Waals surface area contributed by atoms with E-state index in [2.05, 4.69) is 9.97 Å². The van der Waals surface area contributed by atoms with E-state index in [-0.39, 0.29) is 0 Å². The zero-order chi connectivity index (χ0) is 13.9. The lowest BCUT2D eigenvalue weighted by atomic mass is 10.3. The van der Waals surface area contributed by atoms with Crippen molar-refractivity contribution >= 4 is 30.1 Å². The van der Waals surface area contributed by atoms with Crippen molar-refractivity contribution in [2.45, 2.75) is 11.9 Å². The van der Waals surface area contributed by atoms with Crippen molar-refractivity contribution in [1.82, 2.24) is 9.97 Å². The summed E-state index contributed by atoms with van der Waals surface area (Å²) < 4.78 is 46.1. The molecule has 0 bridgehead atoms. The van der Waals surface area contributed by atoms with Crippen molar-refractivity contribution in [2.24, 2.45) is 7.05 Å². The monoisotopic (exact) mass is 283 g/mol. The third-order valence-corrected chi connectivity index (χ3v) is 2.72. The van der Waals surface area contributed by atoms with Crippen LogP contribution in [0.5, 0.6) is 0 Å². The van der Waals surface area contributed by atoms with Gasteiger partial charge in [0.25, 0.3) is 0 Å². The Morgan fingerprint density at radius 1 is 1.28 bits per heavy atom. The predicted molar refractivity (Wildman–Crippen MR) is 59.7 cm³/mol. The summed E-state index contributed by atoms with van der Waals surface area (Å²) in [7, 11) is -4.14. The van der Waals surface area contributed by atoms with Crippen molar-refractivity contribution in [1.29, 1.82) is 0 Å². The van der Waals surface area contributed by atoms with Gasteiger partial charge >= 0.3 is 13.0 Å². The Kier molecular flexibility index (Phi) is 4.55. The molecule has 0 aliphatic rings. The third-order valence-electron chi connectivity index (χ3n) is 2.03. The Bertz CT molecular complexity index is 539. The fourth-order valence-corrected chi connectivity index (χ4v) is 1.84. The number of fused-ring (bicyclic) bond motifs is 1. The van der Waals surface area contributed by atoms with Crippen LogP contribution in [0.2, 0.25) is 0 Å². The van der Waals surface area contributed by atoms with Crippen LogP contribution in [0.15, 0.2) is 15.9 Å². The van der Waals surface area contributed by atoms with E-state index < -0.39 is 7.25 Å². The van der Waals surface area contributed by atoms with Crippen molar-refractivity contribution < 1.29 is 26.5 Å². The van der Waals surface area contributed by atoms with Crippen LogP contribution in [-0.2, 0) is 7.05 Å². The molecule has 0 saturated heterocycles. The normalized spacial score (nSPS) is 11.3. The molecular weight excluding hydrogens is 273 g/mol. The molecule has 4 nitrogen and oxygen atoms in total. The van der Waals surface area contributed by atoms with Gasteiger partial charge in [0.2, 0.25) is 5.69 Å². The number of nitrogens with zero attached hydrogens (tertiary/aromatic N) is 3. The number of rotatable bonds is 1. The number of thioether (sulfide) groups is 1. The lowest BCUT2D eigenvalue weighted by molar-refractivity contribution is -0.845. The van der Waals surface area contributed by atoms with Crippen molar-refractivity contribution in [3.05, 3.63) is 12.0 Å². The Hall–Kier alpha value is -1.32. The smallest absolute Gasteiger partial charge is 0.418 e. The SMILES string of the molecule is CSc1ncnc2o[n+](C)c(C)c12.F[B-](F)(F)F. The van der Waals surface area contributed by atoms with Crippen LogP contribution in [-0.4, -0.2) is 23.5 Å². The van der Waals surface area contributed by atoms with Crippen molar-refractivity contribution in [2.75, 3.05) is 6.26 Å². The Morgan fingerprint density at radius 2 is 1.83 bits per heavy atom. The standard InChI is InChI=1S/C8H10N3OS.BF4/c1-5-6-7(12-11(5)2)9-4-10-8(6)13-3;2-1(3,4)5/h4H,1-3H3;/q+1;-1. The van der Waals surface area contributed by atoms with Crippen molar-refractivity contribution in [3.8, 4) is 0 Å². The Morgan fingerprint density at radius 3 is 2.33 bits per heavy atom. The first-order valence-electron chi connectivity index (χ1n) is 4.76. The number of aromatic nitrogens is 3. The molecule has 0 fully saturated rings. The minimum absolute atomic E-state index is 0.652. The van der Waals surface area contributed by atoms with Gasteiger partial charge in [-0.2, -0.15) is 4.98 Å². The number of hydrogen-bond acceptors (Lipinski definition) is 4. The molecule has 0 aromatic carbocycles. The van der Waals surface area contributed by atoms with E-state index in [1.54, 1.807) is 16.5 Å². The second kappa shape index (κ2) is 5.55. The molecule has 2 aromatic heterocycles. The van der Waals surface area contributed by atoms with E-state index in [1.807, 2.05) is 20.2 Å². The minimum atomic E-state index is -6.00. The predicted octanol–water partition coefficient (Wildman–Crippen LogP) is 2.38. The van der Waals surface area contributed by atoms with E-state index in [0.29, 0.717) is 5.71 Å². The Balaban J connectivity index is 0.000000280. The van der Waals surface area contributed by atoms with Gasteiger partial charge in [-0.15, -0.1) is 11.8 Å². The topological polar surface area (TPSA) is 42.8 Å². The zero-order valence-corrected chi connectivity index (χ0v) is 10.6. The van der Waals surface area contributed by atoms with Gasteiger partial charge in [0, 0.05) is 6.92 Å². The molecule has 0 N–H and O–H groups in total. The molecule has 10 heteroatoms. The second-order valence-electron chi connectivity index (χ2n) is 3.23. The van der Waals surface area contributed by atoms with E-state index in [9.17, 15) is 17.3 Å². The first kappa shape index (κ1) is 14.7. The molecule has 2 rings (SSSR count). The molecule has 0 radical (unpaired) electrons. The first-order chi connectivity index (χ1) is 8.24. The molecule has 2 heterocycles. The van der Waals surface area contributed by atoms with Crippen LogP contribution in [0.4, 0.5) is 17.3 Å². The summed E-state index contributed by atoms with van der Waals surface area (Å²) in [4.78, 5) is 8.24. The quantitative estimate of drug-likeness (QED) is 0.265. The van der Waals surface area contributed by atoms with E-state index in [1.165, 1.54) is 6.33 Å². The van der Waals surface area contributed by atoms with Gasteiger partial charge in [0.05, 0.1) is 0 Å². The molecule has 0 saturated carbocycles. The van der Waals surface area contributed by atoms with Gasteiger partial charge < -0.3 is 17.3 Å². The summed E-state index contributed by atoms with van der Waals surface area (Å²) in [5.74, 6) is 0. The highest BCUT2D eigenvalue weighted by molar-refractivity contribution is 7.98. The summed E-state index contributed by atoms with van der Waals surface area (Å²) in [6.45, 7) is 1.99. The molecule has 100 valence electrons. The zero-order valence-electron chi connectivity index (χ0n) is 9.82. The summed E-state index contributed by atoms with van der Waals surface area (Å²) in [6, 6.07) is 0. The van der Waals surface area contributed by atoms with E-state index in [4.69, 9.17) is 4.52 Å². The molecule has 0 unspecified atom stereocenters. The maximum absolute atomic E-state index is 9.75. The summed E-state index contributed by atoms with van der Waals surface area (Å²) in [5, 5.41) is 1.98. The minimum Gasteiger partial charge on any atom is -0.418 e. The average Bonchev–Trinajstić information content (AvgIpc) is 2.52. The third kappa shape index (κ3) is 3.86. The maximum atomic E-state index is 9.75. The summed E-state index contributed by atoms with van der Waals surface area (Å²) >= 11 is 1.60. The van der Waals surface area contributed by atoms with Crippen LogP contribution in [0.1, 0.15) is 5.69 Å². The lowest BCUT2D eigenvalue weighted by Crippen LogP contribution is -2.27.